The van der Waals surface area contributed by atoms with Gasteiger partial charge < -0.3 is 4.90 Å². The van der Waals surface area contributed by atoms with Crippen molar-refractivity contribution in [3.8, 4) is 0 Å². The van der Waals surface area contributed by atoms with Gasteiger partial charge in [-0.3, -0.25) is 9.69 Å². The highest BCUT2D eigenvalue weighted by Gasteiger charge is 2.72. The van der Waals surface area contributed by atoms with Crippen molar-refractivity contribution in [3.63, 3.8) is 0 Å². The van der Waals surface area contributed by atoms with E-state index in [1.165, 1.54) is 44.1 Å². The van der Waals surface area contributed by atoms with Crippen LogP contribution in [0.15, 0.2) is 12.2 Å². The normalized spacial score (nSPS) is 52.3. The fourth-order valence-electron chi connectivity index (χ4n) is 13.2. The smallest absolute Gasteiger partial charge is 0.229 e. The number of hydrogen-bond acceptors (Lipinski definition) is 2. The highest BCUT2D eigenvalue weighted by molar-refractivity contribution is 5.84. The molecule has 0 bridgehead atoms. The first kappa shape index (κ1) is 23.5. The first-order valence-electron chi connectivity index (χ1n) is 20.2. The summed E-state index contributed by atoms with van der Waals surface area (Å²) < 4.78 is 47.7. The van der Waals surface area contributed by atoms with Gasteiger partial charge in [-0.2, -0.15) is 0 Å². The molecule has 0 aromatic heterocycles. The van der Waals surface area contributed by atoms with Gasteiger partial charge in [-0.15, -0.1) is 0 Å². The average molecular weight is 571 g/mol. The molecule has 41 heavy (non-hydrogen) atoms. The Hall–Kier alpha value is -0.830. The lowest BCUT2D eigenvalue weighted by Gasteiger charge is -2.73. The summed E-state index contributed by atoms with van der Waals surface area (Å²) in [5.74, 6) is 3.62. The van der Waals surface area contributed by atoms with Crippen LogP contribution in [0.1, 0.15) is 135 Å². The Balaban J connectivity index is 1.28. The summed E-state index contributed by atoms with van der Waals surface area (Å²) in [7, 11) is 0. The number of carbonyl (C=O) groups excluding carboxylic acids is 1. The summed E-state index contributed by atoms with van der Waals surface area (Å²) >= 11 is 0. The van der Waals surface area contributed by atoms with E-state index in [-0.39, 0.29) is 35.7 Å². The summed E-state index contributed by atoms with van der Waals surface area (Å²) in [5, 5.41) is 0. The highest BCUT2D eigenvalue weighted by Crippen LogP contribution is 2.78. The maximum absolute atomic E-state index is 14.9. The van der Waals surface area contributed by atoms with Crippen molar-refractivity contribution < 1.29 is 13.0 Å². The largest absolute Gasteiger partial charge is 0.340 e. The van der Waals surface area contributed by atoms with E-state index in [0.29, 0.717) is 41.7 Å². The van der Waals surface area contributed by atoms with Crippen LogP contribution in [0, 0.1) is 62.6 Å². The Bertz CT molecular complexity index is 1240. The summed E-state index contributed by atoms with van der Waals surface area (Å²) in [6.45, 7) is 18.4. The van der Waals surface area contributed by atoms with Gasteiger partial charge in [-0.1, -0.05) is 53.7 Å². The molecule has 10 atom stereocenters. The molecule has 5 saturated carbocycles. The minimum atomic E-state index is -2.61. The van der Waals surface area contributed by atoms with Crippen LogP contribution in [0.3, 0.4) is 0 Å². The molecule has 0 aromatic carbocycles. The van der Waals surface area contributed by atoms with Gasteiger partial charge in [0.1, 0.15) is 0 Å². The molecule has 0 aromatic rings. The molecular weight excluding hydrogens is 500 g/mol. The lowest BCUT2D eigenvalue weighted by Crippen LogP contribution is -2.67. The quantitative estimate of drug-likeness (QED) is 0.317. The van der Waals surface area contributed by atoms with Crippen LogP contribution >= 0.6 is 0 Å². The lowest BCUT2D eigenvalue weighted by molar-refractivity contribution is -0.242. The maximum atomic E-state index is 14.9. The highest BCUT2D eigenvalue weighted by atomic mass is 16.2. The number of fused-ring (bicyclic) bond motifs is 7. The molecule has 6 rings (SSSR count). The molecule has 1 saturated heterocycles. The van der Waals surface area contributed by atoms with E-state index in [9.17, 15) is 4.79 Å². The zero-order valence-electron chi connectivity index (χ0n) is 33.5. The summed E-state index contributed by atoms with van der Waals surface area (Å²) in [5.41, 5.74) is 1.98. The Morgan fingerprint density at radius 1 is 0.829 bits per heavy atom. The molecule has 232 valence electrons. The molecule has 3 heteroatoms. The molecule has 0 spiro atoms. The molecular formula is C38H64N2O. The van der Waals surface area contributed by atoms with Gasteiger partial charge in [-0.25, -0.2) is 0 Å². The molecule has 0 unspecified atom stereocenters. The third-order valence-corrected chi connectivity index (χ3v) is 16.0. The zero-order valence-corrected chi connectivity index (χ0v) is 27.5. The number of nitrogens with zero attached hydrogens (tertiary/aromatic N) is 2. The van der Waals surface area contributed by atoms with Crippen molar-refractivity contribution in [2.45, 2.75) is 132 Å². The van der Waals surface area contributed by atoms with Gasteiger partial charge in [0.25, 0.3) is 0 Å². The number of hydrogen-bond donors (Lipinski definition) is 0. The summed E-state index contributed by atoms with van der Waals surface area (Å²) in [4.78, 5) is 18.5. The van der Waals surface area contributed by atoms with Crippen molar-refractivity contribution >= 4 is 5.91 Å². The van der Waals surface area contributed by atoms with Crippen LogP contribution < -0.4 is 0 Å². The minimum Gasteiger partial charge on any atom is -0.340 e. The van der Waals surface area contributed by atoms with Crippen LogP contribution in [0.2, 0.25) is 0 Å². The first-order valence-corrected chi connectivity index (χ1v) is 17.2. The Labute approximate surface area is 262 Å². The van der Waals surface area contributed by atoms with E-state index >= 15 is 0 Å². The van der Waals surface area contributed by atoms with Crippen molar-refractivity contribution in [2.24, 2.45) is 62.6 Å². The fourth-order valence-corrected chi connectivity index (χ4v) is 13.2. The molecule has 0 radical (unpaired) electrons. The maximum Gasteiger partial charge on any atom is 0.229 e. The van der Waals surface area contributed by atoms with E-state index in [2.05, 4.69) is 55.0 Å². The van der Waals surface area contributed by atoms with Crippen molar-refractivity contribution in [1.82, 2.24) is 9.80 Å². The van der Waals surface area contributed by atoms with Crippen LogP contribution in [0.4, 0.5) is 0 Å². The number of piperazine rings is 1. The van der Waals surface area contributed by atoms with E-state index in [1.807, 2.05) is 4.90 Å². The molecule has 6 fully saturated rings. The van der Waals surface area contributed by atoms with Crippen LogP contribution in [0.25, 0.3) is 0 Å². The summed E-state index contributed by atoms with van der Waals surface area (Å²) in [6.07, 6.45) is 11.7. The Kier molecular flexibility index (Phi) is 5.65. The molecule has 6 aliphatic rings. The van der Waals surface area contributed by atoms with Crippen LogP contribution in [-0.4, -0.2) is 47.9 Å². The molecule has 5 aliphatic carbocycles. The second kappa shape index (κ2) is 9.84. The van der Waals surface area contributed by atoms with Gasteiger partial charge >= 0.3 is 0 Å². The third kappa shape index (κ3) is 4.01. The van der Waals surface area contributed by atoms with Gasteiger partial charge in [0.05, 0.1) is 5.41 Å². The van der Waals surface area contributed by atoms with Crippen molar-refractivity contribution in [1.29, 1.82) is 0 Å². The second-order valence-electron chi connectivity index (χ2n) is 17.3. The van der Waals surface area contributed by atoms with Crippen molar-refractivity contribution in [2.75, 3.05) is 26.2 Å². The summed E-state index contributed by atoms with van der Waals surface area (Å²) in [6, 6.07) is -1.50. The predicted molar refractivity (Wildman–Crippen MR) is 171 cm³/mol. The van der Waals surface area contributed by atoms with Gasteiger partial charge in [0.15, 0.2) is 0 Å². The standard InChI is InChI=1S/C38H64N2O/c1-25(2)28-14-18-38(33(41)40-23-21-39(22-24-40)26(3)4)20-19-36(9)29(32(28)38)11-12-31-35(8)16-13-27(5)34(6,7)30(35)15-17-37(31,36)10/h26-32H,1,11-24H2,2-10H3/t27-,28-,29+,30-,31+,32+,35-,36+,37+,38-/m0/s1/i3D3,4D3. The number of carbonyl (C=O) groups is 1. The van der Waals surface area contributed by atoms with E-state index < -0.39 is 25.2 Å². The van der Waals surface area contributed by atoms with Gasteiger partial charge in [-0.05, 0) is 142 Å². The fraction of sp³-hybridized carbons (Fsp3) is 0.921. The van der Waals surface area contributed by atoms with Gasteiger partial charge in [0.2, 0.25) is 5.91 Å². The average Bonchev–Trinajstić information content (AvgIpc) is 3.35. The minimum absolute atomic E-state index is 0.176. The molecule has 3 nitrogen and oxygen atoms in total. The second-order valence-corrected chi connectivity index (χ2v) is 17.3. The SMILES string of the molecule is [2H]C([2H])([2H])C(N1CCN(C(=O)[C@]23CC[C@@H](C(=C)C)[C@@H]2[C@H]2CC[C@@H]4[C@@]5(C)CC[C@H](C)C(C)(C)[C@@H]5CC[C@@]4(C)[C@]2(C)CC3)CC1)C([2H])([2H])[2H]. The monoisotopic (exact) mass is 571 g/mol. The Morgan fingerprint density at radius 2 is 1.54 bits per heavy atom. The first-order chi connectivity index (χ1) is 21.6. The molecule has 1 amide bonds. The number of allylic oxidation sites excluding steroid dienone is 1. The lowest BCUT2D eigenvalue weighted by atomic mass is 9.32. The van der Waals surface area contributed by atoms with E-state index in [4.69, 9.17) is 8.22 Å². The molecule has 1 aliphatic heterocycles. The number of amides is 1. The topological polar surface area (TPSA) is 23.6 Å². The Morgan fingerprint density at radius 3 is 2.20 bits per heavy atom. The molecule has 1 heterocycles. The van der Waals surface area contributed by atoms with Crippen LogP contribution in [-0.2, 0) is 4.79 Å². The molecule has 0 N–H and O–H groups in total. The number of rotatable bonds is 3. The predicted octanol–water partition coefficient (Wildman–Crippen LogP) is 8.83. The zero-order chi connectivity index (χ0) is 34.8. The van der Waals surface area contributed by atoms with E-state index in [1.54, 1.807) is 4.90 Å². The van der Waals surface area contributed by atoms with E-state index in [0.717, 1.165) is 37.5 Å². The van der Waals surface area contributed by atoms with Gasteiger partial charge in [0, 0.05) is 40.4 Å². The van der Waals surface area contributed by atoms with Crippen molar-refractivity contribution in [3.05, 3.63) is 12.2 Å². The third-order valence-electron chi connectivity index (χ3n) is 16.0. The van der Waals surface area contributed by atoms with Crippen LogP contribution in [0.5, 0.6) is 0 Å².